The van der Waals surface area contributed by atoms with Crippen LogP contribution in [0.25, 0.3) is 0 Å². The van der Waals surface area contributed by atoms with Gasteiger partial charge < -0.3 is 0 Å². The third-order valence-corrected chi connectivity index (χ3v) is 7.78. The van der Waals surface area contributed by atoms with E-state index in [-0.39, 0.29) is 47.9 Å². The van der Waals surface area contributed by atoms with E-state index in [1.807, 2.05) is 70.2 Å². The van der Waals surface area contributed by atoms with Gasteiger partial charge in [-0.2, -0.15) is 0 Å². The molecule has 0 aliphatic rings. The minimum Gasteiger partial charge on any atom is -0.147 e. The van der Waals surface area contributed by atoms with Crippen LogP contribution in [0.15, 0.2) is 60.8 Å². The zero-order valence-corrected chi connectivity index (χ0v) is 28.6. The predicted molar refractivity (Wildman–Crippen MR) is 167 cm³/mol. The first-order valence-corrected chi connectivity index (χ1v) is 15.5. The average Bonchev–Trinajstić information content (AvgIpc) is 2.79. The summed E-state index contributed by atoms with van der Waals surface area (Å²) in [5.41, 5.74) is 2.71. The van der Waals surface area contributed by atoms with Gasteiger partial charge >= 0.3 is 236 Å². The summed E-state index contributed by atoms with van der Waals surface area (Å²) in [5, 5.41) is 0. The molecule has 0 radical (unpaired) electrons. The molecule has 0 fully saturated rings. The number of pyridine rings is 1. The van der Waals surface area contributed by atoms with Gasteiger partial charge in [-0.15, -0.1) is 24.8 Å². The normalized spacial score (nSPS) is 11.3. The molecule has 1 aromatic heterocycles. The van der Waals surface area contributed by atoms with Crippen molar-refractivity contribution >= 4 is 29.1 Å². The second kappa shape index (κ2) is 15.3. The van der Waals surface area contributed by atoms with Crippen molar-refractivity contribution in [2.75, 3.05) is 0 Å². The molecular formula is C32H45Cl2NO4Ti. The molecule has 0 aliphatic carbocycles. The van der Waals surface area contributed by atoms with Crippen LogP contribution in [0.3, 0.4) is 0 Å². The summed E-state index contributed by atoms with van der Waals surface area (Å²) in [5.74, 6) is 3.30. The smallest absolute Gasteiger partial charge is 0.147 e. The largest absolute Gasteiger partial charge is 0.147 e. The summed E-state index contributed by atoms with van der Waals surface area (Å²) in [6.45, 7) is 21.2. The molecule has 0 N–H and O–H groups in total. The minimum absolute atomic E-state index is 0. The molecule has 5 nitrogen and oxygen atoms in total. The van der Waals surface area contributed by atoms with Crippen molar-refractivity contribution in [2.45, 2.75) is 92.3 Å². The molecule has 0 saturated heterocycles. The Morgan fingerprint density at radius 3 is 1.48 bits per heavy atom. The molecule has 0 saturated carbocycles. The summed E-state index contributed by atoms with van der Waals surface area (Å²) in [6.07, 6.45) is 1.98. The molecule has 1 heterocycles. The summed E-state index contributed by atoms with van der Waals surface area (Å²) in [7, 11) is 0. The third-order valence-electron chi connectivity index (χ3n) is 5.64. The number of rotatable bonds is 9. The molecule has 0 spiro atoms. The predicted octanol–water partition coefficient (Wildman–Crippen LogP) is 8.85. The Hall–Kier alpha value is -2.05. The maximum atomic E-state index is 6.76. The molecule has 220 valence electrons. The van der Waals surface area contributed by atoms with Gasteiger partial charge in [0, 0.05) is 0 Å². The van der Waals surface area contributed by atoms with Crippen LogP contribution in [-0.4, -0.2) is 21.5 Å². The molecule has 2 aromatic carbocycles. The Bertz CT molecular complexity index is 1170. The van der Waals surface area contributed by atoms with Crippen LogP contribution in [-0.2, 0) is 29.0 Å². The zero-order chi connectivity index (χ0) is 28.1. The van der Waals surface area contributed by atoms with Gasteiger partial charge in [-0.3, -0.25) is 0 Å². The monoisotopic (exact) mass is 625 g/mol. The average molecular weight is 626 g/mol. The molecular weight excluding hydrogens is 581 g/mol. The summed E-state index contributed by atoms with van der Waals surface area (Å²) in [4.78, 5) is 4.52. The summed E-state index contributed by atoms with van der Waals surface area (Å²) in [6, 6.07) is 18.0. The molecule has 0 aliphatic heterocycles. The van der Waals surface area contributed by atoms with E-state index in [1.165, 1.54) is 0 Å². The van der Waals surface area contributed by atoms with Gasteiger partial charge in [0.1, 0.15) is 0 Å². The molecule has 8 heteroatoms. The van der Waals surface area contributed by atoms with Crippen molar-refractivity contribution in [3.05, 3.63) is 77.6 Å². The summed E-state index contributed by atoms with van der Waals surface area (Å²) < 4.78 is 27.6. The van der Waals surface area contributed by atoms with E-state index in [0.717, 1.165) is 39.8 Å². The number of aromatic nitrogens is 1. The Kier molecular flexibility index (Phi) is 13.7. The third kappa shape index (κ3) is 10.7. The van der Waals surface area contributed by atoms with E-state index in [0.29, 0.717) is 0 Å². The SMILES string of the molecule is CC(C)Oc1ccc([O][Ti](=[CH]c2ccccn2)[O]c2ccc(OC(C)C)cc2C(C)(C)C)c(C(C)(C)C)c1.Cl.Cl. The number of hydrogen-bond donors (Lipinski definition) is 0. The molecule has 0 atom stereocenters. The van der Waals surface area contributed by atoms with Crippen LogP contribution in [0.4, 0.5) is 0 Å². The first kappa shape index (κ1) is 36.0. The van der Waals surface area contributed by atoms with E-state index < -0.39 is 18.2 Å². The van der Waals surface area contributed by atoms with Gasteiger partial charge in [0.05, 0.1) is 0 Å². The first-order chi connectivity index (χ1) is 17.7. The van der Waals surface area contributed by atoms with E-state index in [9.17, 15) is 0 Å². The summed E-state index contributed by atoms with van der Waals surface area (Å²) >= 11 is -2.82. The first-order valence-electron chi connectivity index (χ1n) is 13.3. The topological polar surface area (TPSA) is 49.8 Å². The number of hydrogen-bond acceptors (Lipinski definition) is 5. The fourth-order valence-electron chi connectivity index (χ4n) is 3.94. The fraction of sp³-hybridized carbons (Fsp3) is 0.438. The fourth-order valence-corrected chi connectivity index (χ4v) is 6.06. The Morgan fingerprint density at radius 1 is 0.675 bits per heavy atom. The Morgan fingerprint density at radius 2 is 1.12 bits per heavy atom. The van der Waals surface area contributed by atoms with Crippen molar-refractivity contribution in [3.63, 3.8) is 0 Å². The van der Waals surface area contributed by atoms with E-state index in [1.54, 1.807) is 6.20 Å². The molecule has 0 bridgehead atoms. The van der Waals surface area contributed by atoms with Crippen LogP contribution in [0, 0.1) is 0 Å². The maximum Gasteiger partial charge on any atom is -0.147 e. The number of halogens is 2. The van der Waals surface area contributed by atoms with Crippen LogP contribution in [0.5, 0.6) is 23.0 Å². The van der Waals surface area contributed by atoms with Crippen LogP contribution < -0.4 is 16.1 Å². The molecule has 40 heavy (non-hydrogen) atoms. The van der Waals surface area contributed by atoms with Crippen molar-refractivity contribution in [1.29, 1.82) is 0 Å². The van der Waals surface area contributed by atoms with E-state index in [2.05, 4.69) is 63.0 Å². The van der Waals surface area contributed by atoms with Crippen LogP contribution in [0.2, 0.25) is 0 Å². The number of ether oxygens (including phenoxy) is 2. The van der Waals surface area contributed by atoms with Gasteiger partial charge in [-0.1, -0.05) is 0 Å². The van der Waals surface area contributed by atoms with Crippen LogP contribution in [0.1, 0.15) is 86.1 Å². The van der Waals surface area contributed by atoms with Gasteiger partial charge in [0.25, 0.3) is 0 Å². The maximum absolute atomic E-state index is 6.76. The Balaban J connectivity index is 0.00000400. The molecule has 0 amide bonds. The molecule has 3 rings (SSSR count). The quantitative estimate of drug-likeness (QED) is 0.222. The van der Waals surface area contributed by atoms with Crippen molar-refractivity contribution in [1.82, 2.24) is 4.98 Å². The van der Waals surface area contributed by atoms with E-state index >= 15 is 0 Å². The molecule has 0 unspecified atom stereocenters. The van der Waals surface area contributed by atoms with Crippen LogP contribution >= 0.6 is 24.8 Å². The Labute approximate surface area is 260 Å². The standard InChI is InChI=1S/2C13H20O2.C6H5N.2ClH.Ti/c2*1-9(2)15-10-6-7-12(14)11(8-10)13(3,4)5;1-6-4-2-3-5-7-6;;;/h2*6-9,14H,1-5H3;1-5H;2*1H;/q;;;;;+2/p-2. The number of benzene rings is 2. The second-order valence-corrected chi connectivity index (χ2v) is 14.2. The van der Waals surface area contributed by atoms with Gasteiger partial charge in [-0.25, -0.2) is 0 Å². The van der Waals surface area contributed by atoms with Crippen molar-refractivity contribution in [2.24, 2.45) is 0 Å². The number of nitrogens with zero attached hydrogens (tertiary/aromatic N) is 1. The van der Waals surface area contributed by atoms with Gasteiger partial charge in [-0.05, 0) is 0 Å². The zero-order valence-electron chi connectivity index (χ0n) is 25.4. The second-order valence-electron chi connectivity index (χ2n) is 12.1. The van der Waals surface area contributed by atoms with Crippen molar-refractivity contribution in [3.8, 4) is 23.0 Å². The van der Waals surface area contributed by atoms with Gasteiger partial charge in [0.2, 0.25) is 0 Å². The molecule has 3 aromatic rings. The van der Waals surface area contributed by atoms with E-state index in [4.69, 9.17) is 16.1 Å². The minimum atomic E-state index is -2.82. The van der Waals surface area contributed by atoms with Gasteiger partial charge in [0.15, 0.2) is 0 Å². The van der Waals surface area contributed by atoms with Crippen molar-refractivity contribution < 1.29 is 34.3 Å².